The van der Waals surface area contributed by atoms with Gasteiger partial charge in [0.2, 0.25) is 17.7 Å². The summed E-state index contributed by atoms with van der Waals surface area (Å²) < 4.78 is 0. The number of fused-ring (bicyclic) bond motifs is 1. The first-order valence-corrected chi connectivity index (χ1v) is 14.1. The third kappa shape index (κ3) is 5.67. The number of amides is 3. The predicted molar refractivity (Wildman–Crippen MR) is 154 cm³/mol. The number of carbonyl (C=O) groups excluding carboxylic acids is 3. The number of carbonyl (C=O) groups is 3. The van der Waals surface area contributed by atoms with Crippen molar-refractivity contribution in [1.29, 1.82) is 0 Å². The molecule has 0 bridgehead atoms. The summed E-state index contributed by atoms with van der Waals surface area (Å²) in [6, 6.07) is 13.4. The average Bonchev–Trinajstić information content (AvgIpc) is 3.57. The van der Waals surface area contributed by atoms with Crippen molar-refractivity contribution in [3.05, 3.63) is 77.6 Å². The molecule has 3 atom stereocenters. The molecule has 3 amide bonds. The van der Waals surface area contributed by atoms with Gasteiger partial charge in [-0.15, -0.1) is 0 Å². The van der Waals surface area contributed by atoms with Gasteiger partial charge >= 0.3 is 0 Å². The lowest BCUT2D eigenvalue weighted by Crippen LogP contribution is -2.67. The summed E-state index contributed by atoms with van der Waals surface area (Å²) >= 11 is 0. The molecule has 1 fully saturated rings. The van der Waals surface area contributed by atoms with E-state index in [1.54, 1.807) is 17.3 Å². The van der Waals surface area contributed by atoms with Gasteiger partial charge in [-0.1, -0.05) is 62.4 Å². The van der Waals surface area contributed by atoms with Gasteiger partial charge in [0, 0.05) is 17.3 Å². The molecule has 0 radical (unpaired) electrons. The largest absolute Gasteiger partial charge is 0.349 e. The Morgan fingerprint density at radius 2 is 1.68 bits per heavy atom. The predicted octanol–water partition coefficient (Wildman–Crippen LogP) is 4.19. The summed E-state index contributed by atoms with van der Waals surface area (Å²) in [5.74, 6) is -0.609. The van der Waals surface area contributed by atoms with Gasteiger partial charge in [-0.05, 0) is 74.1 Å². The minimum Gasteiger partial charge on any atom is -0.349 e. The van der Waals surface area contributed by atoms with Crippen molar-refractivity contribution in [1.82, 2.24) is 25.7 Å². The average molecular weight is 542 g/mol. The molecule has 5 rings (SSSR count). The van der Waals surface area contributed by atoms with Gasteiger partial charge in [-0.2, -0.15) is 5.10 Å². The number of aromatic nitrogens is 2. The number of hydrogen-bond donors (Lipinski definition) is 3. The van der Waals surface area contributed by atoms with Crippen LogP contribution >= 0.6 is 0 Å². The van der Waals surface area contributed by atoms with Crippen LogP contribution in [0.25, 0.3) is 11.1 Å². The second-order valence-electron chi connectivity index (χ2n) is 12.6. The smallest absolute Gasteiger partial charge is 0.247 e. The molecule has 8 heteroatoms. The summed E-state index contributed by atoms with van der Waals surface area (Å²) in [6.07, 6.45) is 5.43. The van der Waals surface area contributed by atoms with Crippen molar-refractivity contribution < 1.29 is 14.4 Å². The Morgan fingerprint density at radius 1 is 1.02 bits per heavy atom. The maximum Gasteiger partial charge on any atom is 0.247 e. The quantitative estimate of drug-likeness (QED) is 0.417. The second kappa shape index (κ2) is 10.9. The van der Waals surface area contributed by atoms with E-state index in [0.717, 1.165) is 11.1 Å². The summed E-state index contributed by atoms with van der Waals surface area (Å²) in [7, 11) is 0. The molecule has 1 saturated heterocycles. The maximum atomic E-state index is 14.5. The SMILES string of the molecule is CC(C)CC1C(=O)NC(C2Cc3ccccc3C2)C(=O)N1C(C(=O)NC(C)(C)C)c1ccc(-c2cn[nH]c2)cc1. The van der Waals surface area contributed by atoms with Gasteiger partial charge in [-0.3, -0.25) is 19.5 Å². The van der Waals surface area contributed by atoms with Crippen molar-refractivity contribution in [3.63, 3.8) is 0 Å². The number of hydrogen-bond acceptors (Lipinski definition) is 4. The molecule has 40 heavy (non-hydrogen) atoms. The highest BCUT2D eigenvalue weighted by atomic mass is 16.2. The standard InChI is InChI=1S/C32H39N5O3/c1-19(2)14-26-29(38)35-27(24-15-22-8-6-7-9-23(22)16-24)31(40)37(26)28(30(39)36-32(3,4)5)21-12-10-20(11-13-21)25-17-33-34-18-25/h6-13,17-19,24,26-28H,14-16H2,1-5H3,(H,33,34)(H,35,38)(H,36,39). The van der Waals surface area contributed by atoms with Crippen molar-refractivity contribution >= 4 is 17.7 Å². The van der Waals surface area contributed by atoms with E-state index in [-0.39, 0.29) is 29.6 Å². The Labute approximate surface area is 235 Å². The van der Waals surface area contributed by atoms with Crippen LogP contribution in [0, 0.1) is 11.8 Å². The Balaban J connectivity index is 1.55. The van der Waals surface area contributed by atoms with Crippen molar-refractivity contribution in [2.24, 2.45) is 11.8 Å². The number of H-pyrrole nitrogens is 1. The van der Waals surface area contributed by atoms with Gasteiger partial charge in [0.25, 0.3) is 0 Å². The first-order valence-electron chi connectivity index (χ1n) is 14.1. The van der Waals surface area contributed by atoms with E-state index in [1.807, 2.05) is 71.0 Å². The molecule has 1 aliphatic heterocycles. The summed E-state index contributed by atoms with van der Waals surface area (Å²) in [5.41, 5.74) is 4.43. The minimum atomic E-state index is -0.953. The van der Waals surface area contributed by atoms with E-state index in [4.69, 9.17) is 0 Å². The number of aromatic amines is 1. The van der Waals surface area contributed by atoms with E-state index in [9.17, 15) is 14.4 Å². The highest BCUT2D eigenvalue weighted by Gasteiger charge is 2.49. The highest BCUT2D eigenvalue weighted by Crippen LogP contribution is 2.36. The Hall–Kier alpha value is -3.94. The van der Waals surface area contributed by atoms with Crippen LogP contribution in [0.4, 0.5) is 0 Å². The molecule has 2 aliphatic rings. The lowest BCUT2D eigenvalue weighted by Gasteiger charge is -2.45. The number of piperazine rings is 1. The lowest BCUT2D eigenvalue weighted by atomic mass is 9.87. The van der Waals surface area contributed by atoms with Crippen LogP contribution in [0.15, 0.2) is 60.9 Å². The van der Waals surface area contributed by atoms with E-state index >= 15 is 0 Å². The molecule has 210 valence electrons. The summed E-state index contributed by atoms with van der Waals surface area (Å²) in [5, 5.41) is 13.0. The Morgan fingerprint density at radius 3 is 2.23 bits per heavy atom. The van der Waals surface area contributed by atoms with Crippen molar-refractivity contribution in [2.45, 2.75) is 77.5 Å². The molecular formula is C32H39N5O3. The van der Waals surface area contributed by atoms with Gasteiger partial charge in [0.15, 0.2) is 0 Å². The summed E-state index contributed by atoms with van der Waals surface area (Å²) in [6.45, 7) is 9.80. The normalized spacial score (nSPS) is 20.4. The monoisotopic (exact) mass is 541 g/mol. The molecule has 1 aliphatic carbocycles. The van der Waals surface area contributed by atoms with Crippen LogP contribution in [0.5, 0.6) is 0 Å². The van der Waals surface area contributed by atoms with Crippen LogP contribution in [-0.2, 0) is 27.2 Å². The van der Waals surface area contributed by atoms with E-state index in [0.29, 0.717) is 24.8 Å². The topological polar surface area (TPSA) is 107 Å². The van der Waals surface area contributed by atoms with Crippen LogP contribution < -0.4 is 10.6 Å². The molecule has 0 spiro atoms. The van der Waals surface area contributed by atoms with Crippen LogP contribution in [0.2, 0.25) is 0 Å². The van der Waals surface area contributed by atoms with Crippen LogP contribution in [0.3, 0.4) is 0 Å². The fraction of sp³-hybridized carbons (Fsp3) is 0.438. The molecule has 2 aromatic carbocycles. The van der Waals surface area contributed by atoms with E-state index in [1.165, 1.54) is 11.1 Å². The van der Waals surface area contributed by atoms with Gasteiger partial charge in [0.1, 0.15) is 18.1 Å². The molecule has 1 aromatic heterocycles. The molecule has 3 N–H and O–H groups in total. The third-order valence-corrected chi connectivity index (χ3v) is 7.79. The fourth-order valence-electron chi connectivity index (χ4n) is 6.02. The maximum absolute atomic E-state index is 14.5. The molecule has 8 nitrogen and oxygen atoms in total. The van der Waals surface area contributed by atoms with Gasteiger partial charge in [0.05, 0.1) is 6.20 Å². The van der Waals surface area contributed by atoms with Crippen molar-refractivity contribution in [3.8, 4) is 11.1 Å². The van der Waals surface area contributed by atoms with E-state index < -0.39 is 23.7 Å². The first kappa shape index (κ1) is 27.6. The van der Waals surface area contributed by atoms with Crippen LogP contribution in [0.1, 0.15) is 63.8 Å². The van der Waals surface area contributed by atoms with Gasteiger partial charge in [-0.25, -0.2) is 0 Å². The summed E-state index contributed by atoms with van der Waals surface area (Å²) in [4.78, 5) is 43.8. The fourth-order valence-corrected chi connectivity index (χ4v) is 6.02. The molecular weight excluding hydrogens is 502 g/mol. The Bertz CT molecular complexity index is 1350. The number of nitrogens with one attached hydrogen (secondary N) is 3. The zero-order valence-corrected chi connectivity index (χ0v) is 23.9. The molecule has 3 unspecified atom stereocenters. The van der Waals surface area contributed by atoms with Gasteiger partial charge < -0.3 is 15.5 Å². The zero-order valence-electron chi connectivity index (χ0n) is 23.9. The van der Waals surface area contributed by atoms with Crippen molar-refractivity contribution in [2.75, 3.05) is 0 Å². The zero-order chi connectivity index (χ0) is 28.6. The molecule has 3 aromatic rings. The first-order chi connectivity index (χ1) is 19.0. The number of nitrogens with zero attached hydrogens (tertiary/aromatic N) is 2. The lowest BCUT2D eigenvalue weighted by molar-refractivity contribution is -0.158. The highest BCUT2D eigenvalue weighted by molar-refractivity contribution is 6.00. The second-order valence-corrected chi connectivity index (χ2v) is 12.6. The minimum absolute atomic E-state index is 0.0638. The molecule has 0 saturated carbocycles. The number of rotatable bonds is 7. The van der Waals surface area contributed by atoms with E-state index in [2.05, 4.69) is 33.0 Å². The van der Waals surface area contributed by atoms with Crippen LogP contribution in [-0.4, -0.2) is 50.4 Å². The molecule has 2 heterocycles. The number of benzene rings is 2. The Kier molecular flexibility index (Phi) is 7.53. The third-order valence-electron chi connectivity index (χ3n) is 7.79.